The number of aliphatic hydroxyl groups is 1. The molecule has 2 unspecified atom stereocenters. The van der Waals surface area contributed by atoms with E-state index in [2.05, 4.69) is 9.97 Å². The topological polar surface area (TPSA) is 118 Å². The minimum Gasteiger partial charge on any atom is -0.382 e. The number of pyridine rings is 2. The van der Waals surface area contributed by atoms with Crippen molar-refractivity contribution in [3.8, 4) is 0 Å². The molecule has 2 aromatic rings. The normalized spacial score (nSPS) is 13.2. The summed E-state index contributed by atoms with van der Waals surface area (Å²) < 4.78 is 0. The summed E-state index contributed by atoms with van der Waals surface area (Å²) in [5.41, 5.74) is 13.4. The lowest BCUT2D eigenvalue weighted by Gasteiger charge is -2.28. The molecule has 5 N–H and O–H groups in total. The molecule has 0 saturated carbocycles. The molecule has 0 bridgehead atoms. The summed E-state index contributed by atoms with van der Waals surface area (Å²) in [7, 11) is 0. The number of hydrogen-bond acceptors (Lipinski definition) is 6. The van der Waals surface area contributed by atoms with Gasteiger partial charge in [0.1, 0.15) is 6.10 Å². The van der Waals surface area contributed by atoms with Crippen molar-refractivity contribution in [2.45, 2.75) is 44.5 Å². The van der Waals surface area contributed by atoms with Crippen molar-refractivity contribution in [3.05, 3.63) is 60.2 Å². The number of nitrogens with two attached hydrogens (primary N) is 2. The van der Waals surface area contributed by atoms with Crippen molar-refractivity contribution in [2.75, 3.05) is 6.54 Å². The SMILES string of the molecule is NCCCCC(N)C(O)C(=O)N(Cc1ccncc1)Cc1ccncc1. The van der Waals surface area contributed by atoms with Gasteiger partial charge in [-0.25, -0.2) is 0 Å². The summed E-state index contributed by atoms with van der Waals surface area (Å²) in [6.07, 6.45) is 7.65. The minimum atomic E-state index is -1.24. The zero-order valence-corrected chi connectivity index (χ0v) is 14.9. The summed E-state index contributed by atoms with van der Waals surface area (Å²) in [6.45, 7) is 1.32. The van der Waals surface area contributed by atoms with Crippen LogP contribution in [0.5, 0.6) is 0 Å². The maximum atomic E-state index is 12.9. The van der Waals surface area contributed by atoms with Crippen LogP contribution in [0, 0.1) is 0 Å². The van der Waals surface area contributed by atoms with Crippen LogP contribution >= 0.6 is 0 Å². The van der Waals surface area contributed by atoms with E-state index in [1.54, 1.807) is 29.7 Å². The Morgan fingerprint density at radius 2 is 1.50 bits per heavy atom. The third-order valence-electron chi connectivity index (χ3n) is 4.21. The lowest BCUT2D eigenvalue weighted by atomic mass is 10.0. The highest BCUT2D eigenvalue weighted by molar-refractivity contribution is 5.81. The summed E-state index contributed by atoms with van der Waals surface area (Å²) >= 11 is 0. The Morgan fingerprint density at radius 1 is 1.00 bits per heavy atom. The smallest absolute Gasteiger partial charge is 0.253 e. The largest absolute Gasteiger partial charge is 0.382 e. The Hall–Kier alpha value is -2.35. The van der Waals surface area contributed by atoms with E-state index in [1.165, 1.54) is 0 Å². The van der Waals surface area contributed by atoms with Gasteiger partial charge < -0.3 is 21.5 Å². The number of rotatable bonds is 10. The predicted molar refractivity (Wildman–Crippen MR) is 99.6 cm³/mol. The molecule has 140 valence electrons. The molecule has 2 aromatic heterocycles. The van der Waals surface area contributed by atoms with Crippen LogP contribution in [-0.2, 0) is 17.9 Å². The number of hydrogen-bond donors (Lipinski definition) is 3. The van der Waals surface area contributed by atoms with Crippen LogP contribution in [-0.4, -0.2) is 44.6 Å². The standard InChI is InChI=1S/C19H27N5O2/c20-8-2-1-3-17(21)18(25)19(26)24(13-15-4-9-22-10-5-15)14-16-6-11-23-12-7-16/h4-7,9-12,17-18,25H,1-3,8,13-14,20-21H2. The van der Waals surface area contributed by atoms with Gasteiger partial charge in [0.25, 0.3) is 5.91 Å². The average molecular weight is 357 g/mol. The molecule has 0 aliphatic heterocycles. The summed E-state index contributed by atoms with van der Waals surface area (Å²) in [5, 5.41) is 10.4. The Bertz CT molecular complexity index is 612. The quantitative estimate of drug-likeness (QED) is 0.542. The van der Waals surface area contributed by atoms with Gasteiger partial charge in [0, 0.05) is 43.9 Å². The highest BCUT2D eigenvalue weighted by Gasteiger charge is 2.27. The Labute approximate surface area is 154 Å². The van der Waals surface area contributed by atoms with E-state index < -0.39 is 12.1 Å². The fraction of sp³-hybridized carbons (Fsp3) is 0.421. The Balaban J connectivity index is 2.09. The number of carbonyl (C=O) groups is 1. The first kappa shape index (κ1) is 20.0. The van der Waals surface area contributed by atoms with Crippen molar-refractivity contribution in [3.63, 3.8) is 0 Å². The molecule has 1 amide bonds. The molecule has 2 rings (SSSR count). The molecule has 0 aliphatic rings. The van der Waals surface area contributed by atoms with Crippen LogP contribution in [0.15, 0.2) is 49.1 Å². The number of aliphatic hydroxyl groups excluding tert-OH is 1. The van der Waals surface area contributed by atoms with Crippen LogP contribution in [0.2, 0.25) is 0 Å². The number of aromatic nitrogens is 2. The van der Waals surface area contributed by atoms with E-state index in [4.69, 9.17) is 11.5 Å². The van der Waals surface area contributed by atoms with Gasteiger partial charge in [-0.3, -0.25) is 14.8 Å². The van der Waals surface area contributed by atoms with E-state index in [0.29, 0.717) is 26.1 Å². The molecule has 2 heterocycles. The van der Waals surface area contributed by atoms with Gasteiger partial charge in [-0.05, 0) is 54.8 Å². The molecule has 0 fully saturated rings. The predicted octanol–water partition coefficient (Wildman–Crippen LogP) is 0.823. The zero-order chi connectivity index (χ0) is 18.8. The molecule has 0 radical (unpaired) electrons. The van der Waals surface area contributed by atoms with Gasteiger partial charge in [0.2, 0.25) is 0 Å². The molecule has 2 atom stereocenters. The third kappa shape index (κ3) is 6.18. The molecule has 0 saturated heterocycles. The van der Waals surface area contributed by atoms with Crippen LogP contribution in [0.25, 0.3) is 0 Å². The van der Waals surface area contributed by atoms with E-state index in [-0.39, 0.29) is 5.91 Å². The van der Waals surface area contributed by atoms with Crippen LogP contribution in [0.3, 0.4) is 0 Å². The van der Waals surface area contributed by atoms with Gasteiger partial charge >= 0.3 is 0 Å². The van der Waals surface area contributed by atoms with Crippen LogP contribution < -0.4 is 11.5 Å². The molecule has 0 aliphatic carbocycles. The lowest BCUT2D eigenvalue weighted by Crippen LogP contribution is -2.47. The molecular formula is C19H27N5O2. The molecule has 7 heteroatoms. The number of unbranched alkanes of at least 4 members (excludes halogenated alkanes) is 1. The van der Waals surface area contributed by atoms with Gasteiger partial charge in [-0.15, -0.1) is 0 Å². The number of carbonyl (C=O) groups excluding carboxylic acids is 1. The summed E-state index contributed by atoms with van der Waals surface area (Å²) in [5.74, 6) is -0.376. The van der Waals surface area contributed by atoms with Crippen molar-refractivity contribution >= 4 is 5.91 Å². The second kappa shape index (κ2) is 10.6. The van der Waals surface area contributed by atoms with E-state index in [1.807, 2.05) is 24.3 Å². The maximum Gasteiger partial charge on any atom is 0.253 e. The zero-order valence-electron chi connectivity index (χ0n) is 14.9. The van der Waals surface area contributed by atoms with Crippen molar-refractivity contribution in [1.29, 1.82) is 0 Å². The maximum absolute atomic E-state index is 12.9. The van der Waals surface area contributed by atoms with Gasteiger partial charge in [-0.1, -0.05) is 6.42 Å². The minimum absolute atomic E-state index is 0.371. The third-order valence-corrected chi connectivity index (χ3v) is 4.21. The van der Waals surface area contributed by atoms with Gasteiger partial charge in [0.15, 0.2) is 0 Å². The fourth-order valence-electron chi connectivity index (χ4n) is 2.68. The van der Waals surface area contributed by atoms with Crippen molar-refractivity contribution in [2.24, 2.45) is 11.5 Å². The number of nitrogens with zero attached hydrogens (tertiary/aromatic N) is 3. The monoisotopic (exact) mass is 357 g/mol. The summed E-state index contributed by atoms with van der Waals surface area (Å²) in [4.78, 5) is 22.5. The van der Waals surface area contributed by atoms with E-state index in [9.17, 15) is 9.90 Å². The molecule has 26 heavy (non-hydrogen) atoms. The van der Waals surface area contributed by atoms with E-state index in [0.717, 1.165) is 24.0 Å². The first-order valence-corrected chi connectivity index (χ1v) is 8.82. The first-order valence-electron chi connectivity index (χ1n) is 8.82. The first-order chi connectivity index (χ1) is 12.6. The molecule has 0 spiro atoms. The highest BCUT2D eigenvalue weighted by Crippen LogP contribution is 2.13. The molecular weight excluding hydrogens is 330 g/mol. The van der Waals surface area contributed by atoms with Gasteiger partial charge in [0.05, 0.1) is 0 Å². The van der Waals surface area contributed by atoms with Crippen molar-refractivity contribution in [1.82, 2.24) is 14.9 Å². The van der Waals surface area contributed by atoms with Crippen LogP contribution in [0.1, 0.15) is 30.4 Å². The van der Waals surface area contributed by atoms with Crippen LogP contribution in [0.4, 0.5) is 0 Å². The molecule has 0 aromatic carbocycles. The highest BCUT2D eigenvalue weighted by atomic mass is 16.3. The number of amides is 1. The Kier molecular flexibility index (Phi) is 8.14. The second-order valence-corrected chi connectivity index (χ2v) is 6.30. The van der Waals surface area contributed by atoms with E-state index >= 15 is 0 Å². The lowest BCUT2D eigenvalue weighted by molar-refractivity contribution is -0.142. The van der Waals surface area contributed by atoms with Gasteiger partial charge in [-0.2, -0.15) is 0 Å². The molecule has 7 nitrogen and oxygen atoms in total. The fourth-order valence-corrected chi connectivity index (χ4v) is 2.68. The van der Waals surface area contributed by atoms with Crippen molar-refractivity contribution < 1.29 is 9.90 Å². The average Bonchev–Trinajstić information content (AvgIpc) is 2.68. The summed E-state index contributed by atoms with van der Waals surface area (Å²) in [6, 6.07) is 6.79. The second-order valence-electron chi connectivity index (χ2n) is 6.30. The Morgan fingerprint density at radius 3 is 1.96 bits per heavy atom.